The van der Waals surface area contributed by atoms with Crippen LogP contribution in [0, 0.1) is 6.92 Å². The second-order valence-electron chi connectivity index (χ2n) is 5.04. The maximum atomic E-state index is 13.3. The normalized spacial score (nSPS) is 13.0. The summed E-state index contributed by atoms with van der Waals surface area (Å²) >= 11 is 3.05. The Morgan fingerprint density at radius 2 is 1.38 bits per heavy atom. The molecule has 0 aliphatic rings. The van der Waals surface area contributed by atoms with Crippen molar-refractivity contribution in [3.63, 3.8) is 0 Å². The highest BCUT2D eigenvalue weighted by atomic mass is 32.2. The molecule has 0 fully saturated rings. The molecule has 0 aliphatic heterocycles. The summed E-state index contributed by atoms with van der Waals surface area (Å²) < 4.78 is 24.1. The molecule has 130 valence electrons. The van der Waals surface area contributed by atoms with Crippen LogP contribution in [-0.2, 0) is 13.6 Å². The molecule has 6 heteroatoms. The first-order chi connectivity index (χ1) is 11.6. The quantitative estimate of drug-likeness (QED) is 0.284. The fraction of sp³-hybridized carbons (Fsp3) is 0.333. The number of thioether (sulfide) groups is 2. The Morgan fingerprint density at radius 1 is 0.875 bits per heavy atom. The van der Waals surface area contributed by atoms with Crippen LogP contribution >= 0.6 is 31.1 Å². The smallest absolute Gasteiger partial charge is 0.307 e. The molecular formula is C18H23O3PS2. The van der Waals surface area contributed by atoms with Gasteiger partial charge in [-0.05, 0) is 45.0 Å². The lowest BCUT2D eigenvalue weighted by molar-refractivity contribution is 0.222. The summed E-state index contributed by atoms with van der Waals surface area (Å²) in [6, 6.07) is 18.1. The predicted molar refractivity (Wildman–Crippen MR) is 104 cm³/mol. The molecule has 0 aliphatic carbocycles. The maximum Gasteiger partial charge on any atom is 0.354 e. The van der Waals surface area contributed by atoms with Crippen molar-refractivity contribution in [3.05, 3.63) is 60.2 Å². The number of aryl methyl sites for hydroxylation is 1. The Kier molecular flexibility index (Phi) is 7.92. The van der Waals surface area contributed by atoms with Crippen LogP contribution in [0.15, 0.2) is 64.4 Å². The first-order valence-electron chi connectivity index (χ1n) is 7.91. The minimum atomic E-state index is -3.25. The molecule has 0 spiro atoms. The van der Waals surface area contributed by atoms with Gasteiger partial charge in [0.2, 0.25) is 0 Å². The van der Waals surface area contributed by atoms with Crippen LogP contribution in [0.2, 0.25) is 0 Å². The molecule has 0 N–H and O–H groups in total. The van der Waals surface area contributed by atoms with Gasteiger partial charge in [-0.15, -0.1) is 0 Å². The Labute approximate surface area is 153 Å². The molecule has 0 radical (unpaired) electrons. The molecule has 3 nitrogen and oxygen atoms in total. The summed E-state index contributed by atoms with van der Waals surface area (Å²) in [5.41, 5.74) is 1.20. The Morgan fingerprint density at radius 3 is 1.88 bits per heavy atom. The molecule has 1 atom stereocenters. The van der Waals surface area contributed by atoms with E-state index in [1.165, 1.54) is 29.1 Å². The largest absolute Gasteiger partial charge is 0.354 e. The first kappa shape index (κ1) is 19.6. The Hall–Kier alpha value is -0.710. The zero-order chi connectivity index (χ0) is 17.4. The SMILES string of the molecule is CCOP(=O)(OCC)C(Sc1ccccc1)Sc1ccc(C)cc1. The summed E-state index contributed by atoms with van der Waals surface area (Å²) in [6.45, 7) is 6.45. The summed E-state index contributed by atoms with van der Waals surface area (Å²) in [5.74, 6) is 0. The van der Waals surface area contributed by atoms with E-state index in [-0.39, 0.29) is 4.32 Å². The van der Waals surface area contributed by atoms with Crippen molar-refractivity contribution in [1.29, 1.82) is 0 Å². The van der Waals surface area contributed by atoms with E-state index in [1.54, 1.807) is 0 Å². The van der Waals surface area contributed by atoms with Gasteiger partial charge in [-0.1, -0.05) is 59.4 Å². The summed E-state index contributed by atoms with van der Waals surface area (Å²) in [4.78, 5) is 2.09. The van der Waals surface area contributed by atoms with Crippen LogP contribution in [0.4, 0.5) is 0 Å². The van der Waals surface area contributed by atoms with Gasteiger partial charge in [0, 0.05) is 9.79 Å². The summed E-state index contributed by atoms with van der Waals surface area (Å²) in [5, 5.41) is 0. The lowest BCUT2D eigenvalue weighted by Gasteiger charge is -2.25. The van der Waals surface area contributed by atoms with E-state index in [9.17, 15) is 4.57 Å². The third-order valence-corrected chi connectivity index (χ3v) is 9.12. The third-order valence-electron chi connectivity index (χ3n) is 3.11. The fourth-order valence-electron chi connectivity index (χ4n) is 2.02. The van der Waals surface area contributed by atoms with E-state index in [0.717, 1.165) is 9.79 Å². The monoisotopic (exact) mass is 382 g/mol. The second kappa shape index (κ2) is 9.69. The minimum Gasteiger partial charge on any atom is -0.307 e. The van der Waals surface area contributed by atoms with Gasteiger partial charge >= 0.3 is 7.60 Å². The Balaban J connectivity index is 2.28. The number of benzene rings is 2. The van der Waals surface area contributed by atoms with E-state index >= 15 is 0 Å². The van der Waals surface area contributed by atoms with E-state index in [4.69, 9.17) is 9.05 Å². The molecule has 24 heavy (non-hydrogen) atoms. The van der Waals surface area contributed by atoms with Gasteiger partial charge in [0.05, 0.1) is 13.2 Å². The zero-order valence-corrected chi connectivity index (χ0v) is 16.7. The molecule has 0 amide bonds. The van der Waals surface area contributed by atoms with Crippen molar-refractivity contribution < 1.29 is 13.6 Å². The van der Waals surface area contributed by atoms with Gasteiger partial charge in [-0.25, -0.2) is 0 Å². The first-order valence-corrected chi connectivity index (χ1v) is 11.3. The summed E-state index contributed by atoms with van der Waals surface area (Å²) in [7, 11) is -3.25. The molecule has 0 heterocycles. The van der Waals surface area contributed by atoms with Crippen molar-refractivity contribution >= 4 is 31.1 Å². The van der Waals surface area contributed by atoms with E-state index in [0.29, 0.717) is 13.2 Å². The standard InChI is InChI=1S/C18H23O3PS2/c1-4-20-22(19,21-5-2)18(23-16-9-7-6-8-10-16)24-17-13-11-15(3)12-14-17/h6-14,18H,4-5H2,1-3H3. The molecule has 2 aromatic rings. The third kappa shape index (κ3) is 5.68. The Bertz CT molecular complexity index is 652. The highest BCUT2D eigenvalue weighted by Gasteiger charge is 2.37. The van der Waals surface area contributed by atoms with E-state index in [2.05, 4.69) is 19.1 Å². The second-order valence-corrected chi connectivity index (χ2v) is 10.5. The average molecular weight is 382 g/mol. The maximum absolute atomic E-state index is 13.3. The lowest BCUT2D eigenvalue weighted by Crippen LogP contribution is -2.07. The van der Waals surface area contributed by atoms with E-state index < -0.39 is 7.60 Å². The van der Waals surface area contributed by atoms with Crippen molar-refractivity contribution in [2.75, 3.05) is 13.2 Å². The molecule has 0 saturated heterocycles. The lowest BCUT2D eigenvalue weighted by atomic mass is 10.2. The number of hydrogen-bond donors (Lipinski definition) is 0. The molecule has 2 aromatic carbocycles. The van der Waals surface area contributed by atoms with Gasteiger partial charge in [-0.2, -0.15) is 0 Å². The minimum absolute atomic E-state index is 0.359. The van der Waals surface area contributed by atoms with Crippen molar-refractivity contribution in [1.82, 2.24) is 0 Å². The summed E-state index contributed by atoms with van der Waals surface area (Å²) in [6.07, 6.45) is 0. The molecule has 1 unspecified atom stereocenters. The highest BCUT2D eigenvalue weighted by Crippen LogP contribution is 2.63. The fourth-order valence-corrected chi connectivity index (χ4v) is 7.48. The van der Waals surface area contributed by atoms with Crippen molar-refractivity contribution in [2.45, 2.75) is 34.9 Å². The molecule has 0 aromatic heterocycles. The average Bonchev–Trinajstić information content (AvgIpc) is 2.57. The molecule has 0 saturated carbocycles. The predicted octanol–water partition coefficient (Wildman–Crippen LogP) is 6.43. The van der Waals surface area contributed by atoms with Crippen LogP contribution < -0.4 is 0 Å². The van der Waals surface area contributed by atoms with Crippen LogP contribution in [-0.4, -0.2) is 17.5 Å². The van der Waals surface area contributed by atoms with Crippen LogP contribution in [0.1, 0.15) is 19.4 Å². The van der Waals surface area contributed by atoms with Gasteiger partial charge < -0.3 is 9.05 Å². The van der Waals surface area contributed by atoms with Gasteiger partial charge in [0.1, 0.15) is 0 Å². The van der Waals surface area contributed by atoms with Gasteiger partial charge in [0.25, 0.3) is 0 Å². The zero-order valence-electron chi connectivity index (χ0n) is 14.2. The van der Waals surface area contributed by atoms with Gasteiger partial charge in [0.15, 0.2) is 4.32 Å². The van der Waals surface area contributed by atoms with Crippen molar-refractivity contribution in [3.8, 4) is 0 Å². The van der Waals surface area contributed by atoms with E-state index in [1.807, 2.05) is 56.3 Å². The van der Waals surface area contributed by atoms with Crippen LogP contribution in [0.5, 0.6) is 0 Å². The highest BCUT2D eigenvalue weighted by molar-refractivity contribution is 8.23. The number of rotatable bonds is 9. The van der Waals surface area contributed by atoms with Gasteiger partial charge in [-0.3, -0.25) is 4.57 Å². The molecule has 2 rings (SSSR count). The van der Waals surface area contributed by atoms with Crippen molar-refractivity contribution in [2.24, 2.45) is 0 Å². The molecule has 0 bridgehead atoms. The molecular weight excluding hydrogens is 359 g/mol. The topological polar surface area (TPSA) is 35.5 Å². The number of hydrogen-bond acceptors (Lipinski definition) is 5. The van der Waals surface area contributed by atoms with Crippen LogP contribution in [0.3, 0.4) is 0 Å². The van der Waals surface area contributed by atoms with Crippen LogP contribution in [0.25, 0.3) is 0 Å².